The highest BCUT2D eigenvalue weighted by atomic mass is 35.5. The van der Waals surface area contributed by atoms with Crippen LogP contribution in [0.5, 0.6) is 11.5 Å². The Bertz CT molecular complexity index is 1370. The third kappa shape index (κ3) is 5.67. The molecular formula is C26H21ClN2O5S. The summed E-state index contributed by atoms with van der Waals surface area (Å²) in [5.74, 6) is -0.367. The summed E-state index contributed by atoms with van der Waals surface area (Å²) in [5.41, 5.74) is 3.00. The number of thioether (sulfide) groups is 1. The van der Waals surface area contributed by atoms with E-state index in [1.165, 1.54) is 24.9 Å². The molecule has 4 rings (SSSR count). The molecule has 1 saturated heterocycles. The molecule has 9 heteroatoms. The highest BCUT2D eigenvalue weighted by molar-refractivity contribution is 8.18. The van der Waals surface area contributed by atoms with Gasteiger partial charge in [-0.05, 0) is 66.2 Å². The Labute approximate surface area is 211 Å². The number of ether oxygens (including phenoxy) is 2. The summed E-state index contributed by atoms with van der Waals surface area (Å²) in [7, 11) is 1.53. The number of para-hydroxylation sites is 1. The van der Waals surface area contributed by atoms with Crippen molar-refractivity contribution in [2.45, 2.75) is 13.5 Å². The van der Waals surface area contributed by atoms with E-state index >= 15 is 0 Å². The number of amides is 1. The molecule has 0 radical (unpaired) electrons. The van der Waals surface area contributed by atoms with Crippen LogP contribution in [0.1, 0.15) is 27.0 Å². The first kappa shape index (κ1) is 24.4. The van der Waals surface area contributed by atoms with Crippen molar-refractivity contribution >= 4 is 52.2 Å². The number of carboxylic acid groups (broad SMARTS) is 1. The summed E-state index contributed by atoms with van der Waals surface area (Å²) < 4.78 is 11.5. The molecule has 3 aromatic carbocycles. The predicted octanol–water partition coefficient (Wildman–Crippen LogP) is 5.83. The molecule has 1 heterocycles. The van der Waals surface area contributed by atoms with Crippen molar-refractivity contribution in [2.24, 2.45) is 4.99 Å². The van der Waals surface area contributed by atoms with Gasteiger partial charge in [0.2, 0.25) is 0 Å². The van der Waals surface area contributed by atoms with Crippen LogP contribution in [0.3, 0.4) is 0 Å². The smallest absolute Gasteiger partial charge is 0.335 e. The van der Waals surface area contributed by atoms with Crippen molar-refractivity contribution < 1.29 is 24.2 Å². The maximum Gasteiger partial charge on any atom is 0.335 e. The fourth-order valence-corrected chi connectivity index (χ4v) is 4.35. The van der Waals surface area contributed by atoms with Gasteiger partial charge in [0.05, 0.1) is 23.3 Å². The first-order valence-corrected chi connectivity index (χ1v) is 11.7. The Hall–Kier alpha value is -3.75. The van der Waals surface area contributed by atoms with Gasteiger partial charge in [0.15, 0.2) is 16.7 Å². The number of halogens is 1. The fraction of sp³-hybridized carbons (Fsp3) is 0.115. The second-order valence-corrected chi connectivity index (χ2v) is 8.98. The van der Waals surface area contributed by atoms with Crippen LogP contribution in [-0.4, -0.2) is 29.3 Å². The maximum atomic E-state index is 12.6. The summed E-state index contributed by atoms with van der Waals surface area (Å²) >= 11 is 7.39. The zero-order chi connectivity index (χ0) is 24.9. The molecule has 0 aromatic heterocycles. The third-order valence-corrected chi connectivity index (χ3v) is 6.50. The van der Waals surface area contributed by atoms with Gasteiger partial charge < -0.3 is 19.9 Å². The molecule has 0 aliphatic carbocycles. The summed E-state index contributed by atoms with van der Waals surface area (Å²) in [6, 6.07) is 17.3. The average Bonchev–Trinajstić information content (AvgIpc) is 3.19. The molecular weight excluding hydrogens is 488 g/mol. The number of aliphatic imine (C=N–C) groups is 1. The summed E-state index contributed by atoms with van der Waals surface area (Å²) in [4.78, 5) is 28.9. The first-order chi connectivity index (χ1) is 16.9. The first-order valence-electron chi connectivity index (χ1n) is 10.5. The van der Waals surface area contributed by atoms with Crippen molar-refractivity contribution in [3.05, 3.63) is 92.8 Å². The second kappa shape index (κ2) is 10.7. The molecule has 35 heavy (non-hydrogen) atoms. The van der Waals surface area contributed by atoms with Crippen molar-refractivity contribution in [2.75, 3.05) is 7.11 Å². The van der Waals surface area contributed by atoms with Gasteiger partial charge in [-0.25, -0.2) is 9.79 Å². The molecule has 0 spiro atoms. The van der Waals surface area contributed by atoms with Crippen LogP contribution in [0.2, 0.25) is 5.02 Å². The Balaban J connectivity index is 1.60. The fourth-order valence-electron chi connectivity index (χ4n) is 3.36. The lowest BCUT2D eigenvalue weighted by atomic mass is 10.1. The van der Waals surface area contributed by atoms with E-state index in [4.69, 9.17) is 21.1 Å². The predicted molar refractivity (Wildman–Crippen MR) is 138 cm³/mol. The summed E-state index contributed by atoms with van der Waals surface area (Å²) in [6.45, 7) is 1.99. The molecule has 1 aliphatic heterocycles. The molecule has 0 unspecified atom stereocenters. The normalized spacial score (nSPS) is 15.3. The van der Waals surface area contributed by atoms with Gasteiger partial charge in [0.25, 0.3) is 5.91 Å². The molecule has 2 N–H and O–H groups in total. The maximum absolute atomic E-state index is 12.6. The van der Waals surface area contributed by atoms with Crippen LogP contribution in [0, 0.1) is 6.92 Å². The van der Waals surface area contributed by atoms with Crippen LogP contribution in [0.15, 0.2) is 70.6 Å². The summed E-state index contributed by atoms with van der Waals surface area (Å²) in [5, 5.41) is 13.0. The van der Waals surface area contributed by atoms with Crippen molar-refractivity contribution in [3.8, 4) is 11.5 Å². The molecule has 7 nitrogen and oxygen atoms in total. The number of carbonyl (C=O) groups is 2. The highest BCUT2D eigenvalue weighted by Gasteiger charge is 2.25. The third-order valence-electron chi connectivity index (χ3n) is 5.18. The number of carboxylic acids is 1. The lowest BCUT2D eigenvalue weighted by Crippen LogP contribution is -2.19. The second-order valence-electron chi connectivity index (χ2n) is 7.54. The number of aromatic carboxylic acids is 1. The number of hydrogen-bond acceptors (Lipinski definition) is 6. The molecule has 0 atom stereocenters. The van der Waals surface area contributed by atoms with Crippen molar-refractivity contribution in [1.82, 2.24) is 5.32 Å². The number of carbonyl (C=O) groups excluding carboxylic acids is 1. The van der Waals surface area contributed by atoms with Gasteiger partial charge in [-0.15, -0.1) is 0 Å². The molecule has 0 saturated carbocycles. The number of rotatable bonds is 7. The van der Waals surface area contributed by atoms with E-state index in [-0.39, 0.29) is 18.1 Å². The topological polar surface area (TPSA) is 97.2 Å². The van der Waals surface area contributed by atoms with Gasteiger partial charge in [-0.2, -0.15) is 0 Å². The van der Waals surface area contributed by atoms with Crippen LogP contribution < -0.4 is 14.8 Å². The van der Waals surface area contributed by atoms with E-state index in [0.717, 1.165) is 5.56 Å². The average molecular weight is 509 g/mol. The van der Waals surface area contributed by atoms with Gasteiger partial charge in [0, 0.05) is 10.6 Å². The Kier molecular flexibility index (Phi) is 7.43. The molecule has 178 valence electrons. The van der Waals surface area contributed by atoms with E-state index in [1.54, 1.807) is 48.5 Å². The number of nitrogens with zero attached hydrogens (tertiary/aromatic N) is 1. The minimum atomic E-state index is -1.01. The Morgan fingerprint density at radius 1 is 1.17 bits per heavy atom. The minimum Gasteiger partial charge on any atom is -0.493 e. The van der Waals surface area contributed by atoms with Crippen LogP contribution in [0.25, 0.3) is 6.08 Å². The van der Waals surface area contributed by atoms with E-state index < -0.39 is 5.97 Å². The zero-order valence-corrected chi connectivity index (χ0v) is 20.4. The number of methoxy groups -OCH3 is 1. The monoisotopic (exact) mass is 508 g/mol. The number of benzene rings is 3. The van der Waals surface area contributed by atoms with Crippen LogP contribution in [0.4, 0.5) is 5.69 Å². The number of amidine groups is 1. The standard InChI is InChI=1S/C26H21ClN2O5S/c1-15-19(27)9-5-10-20(15)28-26-29-24(30)22(35-26)13-17-7-4-11-21(33-2)23(17)34-14-16-6-3-8-18(12-16)25(31)32/h3-13H,14H2,1-2H3,(H,31,32)(H,28,29,30)/b22-13+. The van der Waals surface area contributed by atoms with E-state index in [2.05, 4.69) is 10.3 Å². The van der Waals surface area contributed by atoms with Crippen LogP contribution >= 0.6 is 23.4 Å². The van der Waals surface area contributed by atoms with E-state index in [9.17, 15) is 14.7 Å². The lowest BCUT2D eigenvalue weighted by molar-refractivity contribution is -0.115. The minimum absolute atomic E-state index is 0.123. The van der Waals surface area contributed by atoms with Gasteiger partial charge in [0.1, 0.15) is 6.61 Å². The Morgan fingerprint density at radius 3 is 2.71 bits per heavy atom. The molecule has 1 fully saturated rings. The molecule has 1 amide bonds. The quantitative estimate of drug-likeness (QED) is 0.390. The number of hydrogen-bond donors (Lipinski definition) is 2. The number of nitrogens with one attached hydrogen (secondary N) is 1. The zero-order valence-electron chi connectivity index (χ0n) is 18.9. The molecule has 3 aromatic rings. The van der Waals surface area contributed by atoms with E-state index in [1.807, 2.05) is 19.1 Å². The Morgan fingerprint density at radius 2 is 1.94 bits per heavy atom. The van der Waals surface area contributed by atoms with Gasteiger partial charge >= 0.3 is 5.97 Å². The van der Waals surface area contributed by atoms with Crippen molar-refractivity contribution in [3.63, 3.8) is 0 Å². The molecule has 0 bridgehead atoms. The van der Waals surface area contributed by atoms with Crippen LogP contribution in [-0.2, 0) is 11.4 Å². The largest absolute Gasteiger partial charge is 0.493 e. The highest BCUT2D eigenvalue weighted by Crippen LogP contribution is 2.36. The summed E-state index contributed by atoms with van der Waals surface area (Å²) in [6.07, 6.45) is 1.71. The van der Waals surface area contributed by atoms with Gasteiger partial charge in [-0.1, -0.05) is 41.9 Å². The SMILES string of the molecule is COc1cccc(/C=C2/SC(=Nc3cccc(Cl)c3C)NC2=O)c1OCc1cccc(C(=O)O)c1. The van der Waals surface area contributed by atoms with Crippen molar-refractivity contribution in [1.29, 1.82) is 0 Å². The van der Waals surface area contributed by atoms with Gasteiger partial charge in [-0.3, -0.25) is 4.79 Å². The van der Waals surface area contributed by atoms with E-state index in [0.29, 0.717) is 43.4 Å². The lowest BCUT2D eigenvalue weighted by Gasteiger charge is -2.14. The molecule has 1 aliphatic rings.